The number of Topliss-reactive ketones (excluding diaryl/α,β-unsaturated/α-hetero) is 1. The van der Waals surface area contributed by atoms with Gasteiger partial charge >= 0.3 is 0 Å². The van der Waals surface area contributed by atoms with Gasteiger partial charge in [0, 0.05) is 31.1 Å². The maximum absolute atomic E-state index is 15.7. The van der Waals surface area contributed by atoms with Crippen LogP contribution in [0.2, 0.25) is 0 Å². The summed E-state index contributed by atoms with van der Waals surface area (Å²) in [4.78, 5) is 15.3. The summed E-state index contributed by atoms with van der Waals surface area (Å²) in [5, 5.41) is 0. The second-order valence-electron chi connectivity index (χ2n) is 9.06. The molecular formula is C26H32FNO2. The lowest BCUT2D eigenvalue weighted by molar-refractivity contribution is 0.0336. The first-order valence-electron chi connectivity index (χ1n) is 11.1. The zero-order chi connectivity index (χ0) is 21.3. The molecule has 1 heterocycles. The molecule has 0 bridgehead atoms. The summed E-state index contributed by atoms with van der Waals surface area (Å²) in [5.74, 6) is 0.704. The zero-order valence-corrected chi connectivity index (χ0v) is 18.3. The monoisotopic (exact) mass is 409 g/mol. The van der Waals surface area contributed by atoms with Crippen LogP contribution in [-0.4, -0.2) is 36.6 Å². The molecule has 0 N–H and O–H groups in total. The van der Waals surface area contributed by atoms with Crippen LogP contribution in [0.15, 0.2) is 36.4 Å². The first-order chi connectivity index (χ1) is 14.4. The molecule has 4 rings (SSSR count). The molecule has 1 atom stereocenters. The van der Waals surface area contributed by atoms with Gasteiger partial charge in [0.2, 0.25) is 0 Å². The second kappa shape index (κ2) is 8.50. The number of hydrogen-bond donors (Lipinski definition) is 0. The van der Waals surface area contributed by atoms with Crippen LogP contribution in [0.25, 0.3) is 0 Å². The van der Waals surface area contributed by atoms with E-state index in [1.165, 1.54) is 11.1 Å². The van der Waals surface area contributed by atoms with Crippen LogP contribution in [-0.2, 0) is 19.4 Å². The van der Waals surface area contributed by atoms with Crippen LogP contribution in [0, 0.1) is 12.8 Å². The van der Waals surface area contributed by atoms with Crippen molar-refractivity contribution in [3.63, 3.8) is 0 Å². The Hall–Kier alpha value is -2.20. The molecular weight excluding hydrogens is 377 g/mol. The Morgan fingerprint density at radius 1 is 1.20 bits per heavy atom. The SMILES string of the molecule is CCc1cc2c(cc1OC)CC(CC1(F)CCN(Cc3cccc(C)c3)CC1)C2=O. The average molecular weight is 410 g/mol. The molecule has 0 aromatic heterocycles. The number of alkyl halides is 1. The molecule has 1 fully saturated rings. The topological polar surface area (TPSA) is 29.5 Å². The number of fused-ring (bicyclic) bond motifs is 1. The van der Waals surface area contributed by atoms with Gasteiger partial charge in [-0.15, -0.1) is 0 Å². The lowest BCUT2D eigenvalue weighted by Crippen LogP contribution is -2.42. The number of nitrogens with zero attached hydrogens (tertiary/aromatic N) is 1. The highest BCUT2D eigenvalue weighted by molar-refractivity contribution is 6.02. The maximum Gasteiger partial charge on any atom is 0.166 e. The van der Waals surface area contributed by atoms with Crippen LogP contribution in [0.5, 0.6) is 5.75 Å². The van der Waals surface area contributed by atoms with Gasteiger partial charge in [-0.3, -0.25) is 9.69 Å². The summed E-state index contributed by atoms with van der Waals surface area (Å²) in [6.07, 6.45) is 2.79. The van der Waals surface area contributed by atoms with Gasteiger partial charge in [0.15, 0.2) is 5.78 Å². The lowest BCUT2D eigenvalue weighted by Gasteiger charge is -2.37. The highest BCUT2D eigenvalue weighted by atomic mass is 19.1. The number of likely N-dealkylation sites (tertiary alicyclic amines) is 1. The van der Waals surface area contributed by atoms with Gasteiger partial charge in [0.25, 0.3) is 0 Å². The highest BCUT2D eigenvalue weighted by Crippen LogP contribution is 2.40. The smallest absolute Gasteiger partial charge is 0.166 e. The van der Waals surface area contributed by atoms with E-state index in [0.717, 1.165) is 48.5 Å². The minimum atomic E-state index is -1.25. The molecule has 2 aromatic carbocycles. The molecule has 1 aliphatic carbocycles. The summed E-state index contributed by atoms with van der Waals surface area (Å²) in [7, 11) is 1.66. The number of methoxy groups -OCH3 is 1. The number of aryl methyl sites for hydroxylation is 2. The summed E-state index contributed by atoms with van der Waals surface area (Å²) < 4.78 is 21.2. The van der Waals surface area contributed by atoms with E-state index in [1.54, 1.807) is 7.11 Å². The average Bonchev–Trinajstić information content (AvgIpc) is 3.03. The minimum Gasteiger partial charge on any atom is -0.496 e. The number of benzene rings is 2. The van der Waals surface area contributed by atoms with Crippen LogP contribution < -0.4 is 4.74 Å². The standard InChI is InChI=1S/C26H32FNO2/c1-4-20-14-23-21(15-24(20)30-3)13-22(25(23)29)16-26(27)8-10-28(11-9-26)17-19-7-5-6-18(2)12-19/h5-7,12,14-15,22H,4,8-11,13,16-17H2,1-3H3. The van der Waals surface area contributed by atoms with Crippen molar-refractivity contribution in [3.8, 4) is 5.75 Å². The van der Waals surface area contributed by atoms with Crippen LogP contribution >= 0.6 is 0 Å². The van der Waals surface area contributed by atoms with Gasteiger partial charge < -0.3 is 4.74 Å². The third kappa shape index (κ3) is 4.29. The third-order valence-electron chi connectivity index (χ3n) is 6.84. The first-order valence-corrected chi connectivity index (χ1v) is 11.1. The number of piperidine rings is 1. The molecule has 0 spiro atoms. The molecule has 3 nitrogen and oxygen atoms in total. The fourth-order valence-electron chi connectivity index (χ4n) is 5.10. The third-order valence-corrected chi connectivity index (χ3v) is 6.84. The van der Waals surface area contributed by atoms with E-state index in [-0.39, 0.29) is 11.7 Å². The molecule has 30 heavy (non-hydrogen) atoms. The maximum atomic E-state index is 15.7. The zero-order valence-electron chi connectivity index (χ0n) is 18.3. The molecule has 1 saturated heterocycles. The van der Waals surface area contributed by atoms with E-state index in [0.29, 0.717) is 25.7 Å². The van der Waals surface area contributed by atoms with Gasteiger partial charge in [-0.2, -0.15) is 0 Å². The normalized spacial score (nSPS) is 20.9. The fraction of sp³-hybridized carbons (Fsp3) is 0.500. The van der Waals surface area contributed by atoms with Gasteiger partial charge in [0.1, 0.15) is 11.4 Å². The van der Waals surface area contributed by atoms with Crippen molar-refractivity contribution in [2.75, 3.05) is 20.2 Å². The van der Waals surface area contributed by atoms with E-state index >= 15 is 4.39 Å². The van der Waals surface area contributed by atoms with E-state index < -0.39 is 5.67 Å². The predicted molar refractivity (Wildman–Crippen MR) is 118 cm³/mol. The van der Waals surface area contributed by atoms with Crippen molar-refractivity contribution < 1.29 is 13.9 Å². The fourth-order valence-corrected chi connectivity index (χ4v) is 5.10. The summed E-state index contributed by atoms with van der Waals surface area (Å²) >= 11 is 0. The molecule has 0 saturated carbocycles. The molecule has 2 aromatic rings. The molecule has 1 unspecified atom stereocenters. The van der Waals surface area contributed by atoms with Crippen molar-refractivity contribution in [1.29, 1.82) is 0 Å². The largest absolute Gasteiger partial charge is 0.496 e. The molecule has 4 heteroatoms. The summed E-state index contributed by atoms with van der Waals surface area (Å²) in [5.41, 5.74) is 4.13. The van der Waals surface area contributed by atoms with E-state index in [4.69, 9.17) is 4.74 Å². The second-order valence-corrected chi connectivity index (χ2v) is 9.06. The number of hydrogen-bond acceptors (Lipinski definition) is 3. The van der Waals surface area contributed by atoms with Crippen molar-refractivity contribution in [2.45, 2.75) is 58.2 Å². The number of carbonyl (C=O) groups excluding carboxylic acids is 1. The Morgan fingerprint density at radius 3 is 2.63 bits per heavy atom. The first kappa shape index (κ1) is 21.0. The highest BCUT2D eigenvalue weighted by Gasteiger charge is 2.41. The van der Waals surface area contributed by atoms with Crippen molar-refractivity contribution in [1.82, 2.24) is 4.90 Å². The Bertz CT molecular complexity index is 931. The van der Waals surface area contributed by atoms with Crippen molar-refractivity contribution >= 4 is 5.78 Å². The van der Waals surface area contributed by atoms with Gasteiger partial charge in [-0.25, -0.2) is 4.39 Å². The van der Waals surface area contributed by atoms with Crippen LogP contribution in [0.4, 0.5) is 4.39 Å². The van der Waals surface area contributed by atoms with Gasteiger partial charge in [0.05, 0.1) is 7.11 Å². The molecule has 2 aliphatic rings. The quantitative estimate of drug-likeness (QED) is 0.647. The number of ketones is 1. The number of halogens is 1. The predicted octanol–water partition coefficient (Wildman–Crippen LogP) is 5.32. The minimum absolute atomic E-state index is 0.113. The van der Waals surface area contributed by atoms with Gasteiger partial charge in [-0.05, 0) is 67.9 Å². The molecule has 0 amide bonds. The molecule has 1 aliphatic heterocycles. The van der Waals surface area contributed by atoms with Crippen molar-refractivity contribution in [3.05, 3.63) is 64.2 Å². The van der Waals surface area contributed by atoms with E-state index in [1.807, 2.05) is 12.1 Å². The summed E-state index contributed by atoms with van der Waals surface area (Å²) in [6.45, 7) is 6.51. The van der Waals surface area contributed by atoms with E-state index in [2.05, 4.69) is 43.0 Å². The number of ether oxygens (including phenoxy) is 1. The summed E-state index contributed by atoms with van der Waals surface area (Å²) in [6, 6.07) is 12.5. The number of rotatable bonds is 6. The Balaban J connectivity index is 1.38. The van der Waals surface area contributed by atoms with Gasteiger partial charge in [-0.1, -0.05) is 36.8 Å². The number of carbonyl (C=O) groups is 1. The molecule has 160 valence electrons. The molecule has 0 radical (unpaired) electrons. The van der Waals surface area contributed by atoms with E-state index in [9.17, 15) is 4.79 Å². The van der Waals surface area contributed by atoms with Crippen LogP contribution in [0.1, 0.15) is 58.8 Å². The Labute approximate surface area is 179 Å². The van der Waals surface area contributed by atoms with Crippen molar-refractivity contribution in [2.24, 2.45) is 5.92 Å². The Kier molecular flexibility index (Phi) is 5.97. The lowest BCUT2D eigenvalue weighted by atomic mass is 9.82. The van der Waals surface area contributed by atoms with Crippen LogP contribution in [0.3, 0.4) is 0 Å². The Morgan fingerprint density at radius 2 is 1.97 bits per heavy atom.